The molecular formula is C33H22N2O. The van der Waals surface area contributed by atoms with Crippen LogP contribution in [-0.4, -0.2) is 15.0 Å². The lowest BCUT2D eigenvalue weighted by atomic mass is 10.1. The first kappa shape index (κ1) is 20.5. The van der Waals surface area contributed by atoms with Crippen LogP contribution >= 0.6 is 0 Å². The smallest absolute Gasteiger partial charge is 0.262 e. The highest BCUT2D eigenvalue weighted by Gasteiger charge is 2.20. The average molecular weight is 463 g/mol. The van der Waals surface area contributed by atoms with Crippen molar-refractivity contribution in [3.05, 3.63) is 139 Å². The van der Waals surface area contributed by atoms with Crippen molar-refractivity contribution < 1.29 is 4.79 Å². The fourth-order valence-electron chi connectivity index (χ4n) is 5.27. The summed E-state index contributed by atoms with van der Waals surface area (Å²) in [5.41, 5.74) is 7.09. The number of para-hydroxylation sites is 1. The molecule has 0 aliphatic carbocycles. The van der Waals surface area contributed by atoms with Gasteiger partial charge in [0.15, 0.2) is 0 Å². The van der Waals surface area contributed by atoms with Gasteiger partial charge in [0.2, 0.25) is 0 Å². The van der Waals surface area contributed by atoms with Crippen molar-refractivity contribution in [1.29, 1.82) is 0 Å². The molecule has 170 valence electrons. The SMILES string of the molecule is O=C(c1ccccc1)n1c2ccccc2c2ccc3c(ccn3-c3ccc(-c4ccccc4)cc3)c21. The van der Waals surface area contributed by atoms with E-state index in [1.807, 2.05) is 59.2 Å². The topological polar surface area (TPSA) is 26.9 Å². The molecule has 7 rings (SSSR count). The van der Waals surface area contributed by atoms with Crippen molar-refractivity contribution in [2.24, 2.45) is 0 Å². The van der Waals surface area contributed by atoms with Crippen LogP contribution in [0.2, 0.25) is 0 Å². The van der Waals surface area contributed by atoms with E-state index in [1.165, 1.54) is 11.1 Å². The van der Waals surface area contributed by atoms with E-state index in [0.717, 1.165) is 38.4 Å². The van der Waals surface area contributed by atoms with Gasteiger partial charge in [0.05, 0.1) is 16.6 Å². The second-order valence-corrected chi connectivity index (χ2v) is 9.02. The molecule has 2 aromatic heterocycles. The summed E-state index contributed by atoms with van der Waals surface area (Å²) >= 11 is 0. The third-order valence-electron chi connectivity index (χ3n) is 6.98. The molecule has 0 fully saturated rings. The van der Waals surface area contributed by atoms with Crippen LogP contribution in [0.1, 0.15) is 10.4 Å². The normalized spacial score (nSPS) is 11.4. The van der Waals surface area contributed by atoms with E-state index in [-0.39, 0.29) is 5.91 Å². The minimum Gasteiger partial charge on any atom is -0.316 e. The van der Waals surface area contributed by atoms with E-state index >= 15 is 0 Å². The van der Waals surface area contributed by atoms with E-state index in [2.05, 4.69) is 83.6 Å². The molecule has 0 radical (unpaired) electrons. The summed E-state index contributed by atoms with van der Waals surface area (Å²) in [5.74, 6) is -0.0192. The largest absolute Gasteiger partial charge is 0.316 e. The molecule has 0 saturated heterocycles. The molecule has 0 saturated carbocycles. The summed E-state index contributed by atoms with van der Waals surface area (Å²) in [6.07, 6.45) is 2.09. The number of nitrogens with zero attached hydrogens (tertiary/aromatic N) is 2. The lowest BCUT2D eigenvalue weighted by Gasteiger charge is -2.09. The van der Waals surface area contributed by atoms with E-state index in [9.17, 15) is 4.79 Å². The number of hydrogen-bond donors (Lipinski definition) is 0. The Morgan fingerprint density at radius 1 is 0.500 bits per heavy atom. The first-order chi connectivity index (χ1) is 17.8. The fraction of sp³-hybridized carbons (Fsp3) is 0. The highest BCUT2D eigenvalue weighted by Crippen LogP contribution is 2.36. The Labute approximate surface area is 208 Å². The van der Waals surface area contributed by atoms with Crippen molar-refractivity contribution in [2.45, 2.75) is 0 Å². The molecule has 5 aromatic carbocycles. The second kappa shape index (κ2) is 8.10. The first-order valence-electron chi connectivity index (χ1n) is 12.1. The summed E-state index contributed by atoms with van der Waals surface area (Å²) in [6, 6.07) is 43.1. The van der Waals surface area contributed by atoms with Crippen molar-refractivity contribution in [2.75, 3.05) is 0 Å². The molecule has 0 atom stereocenters. The monoisotopic (exact) mass is 462 g/mol. The van der Waals surface area contributed by atoms with Gasteiger partial charge in [-0.05, 0) is 53.6 Å². The Morgan fingerprint density at radius 3 is 1.94 bits per heavy atom. The van der Waals surface area contributed by atoms with Gasteiger partial charge in [0.25, 0.3) is 5.91 Å². The van der Waals surface area contributed by atoms with Gasteiger partial charge in [-0.1, -0.05) is 84.9 Å². The van der Waals surface area contributed by atoms with Gasteiger partial charge in [0.1, 0.15) is 0 Å². The third kappa shape index (κ3) is 3.10. The fourth-order valence-corrected chi connectivity index (χ4v) is 5.27. The number of fused-ring (bicyclic) bond motifs is 5. The maximum Gasteiger partial charge on any atom is 0.262 e. The van der Waals surface area contributed by atoms with E-state index in [1.54, 1.807) is 0 Å². The van der Waals surface area contributed by atoms with Crippen LogP contribution in [0, 0.1) is 0 Å². The molecule has 3 heteroatoms. The predicted molar refractivity (Wildman–Crippen MR) is 148 cm³/mol. The number of benzene rings is 5. The van der Waals surface area contributed by atoms with Crippen LogP contribution in [0.25, 0.3) is 49.5 Å². The molecule has 0 aliphatic rings. The van der Waals surface area contributed by atoms with Crippen molar-refractivity contribution in [1.82, 2.24) is 9.13 Å². The lowest BCUT2D eigenvalue weighted by Crippen LogP contribution is -2.11. The Kier molecular flexibility index (Phi) is 4.61. The van der Waals surface area contributed by atoms with Crippen LogP contribution in [-0.2, 0) is 0 Å². The number of hydrogen-bond acceptors (Lipinski definition) is 1. The molecule has 0 bridgehead atoms. The van der Waals surface area contributed by atoms with Crippen molar-refractivity contribution >= 4 is 38.6 Å². The van der Waals surface area contributed by atoms with Crippen molar-refractivity contribution in [3.63, 3.8) is 0 Å². The molecular weight excluding hydrogens is 440 g/mol. The van der Waals surface area contributed by atoms with Gasteiger partial charge >= 0.3 is 0 Å². The Balaban J connectivity index is 1.44. The molecule has 2 heterocycles. The maximum absolute atomic E-state index is 13.8. The van der Waals surface area contributed by atoms with Crippen LogP contribution < -0.4 is 0 Å². The summed E-state index contributed by atoms with van der Waals surface area (Å²) in [4.78, 5) is 13.8. The Morgan fingerprint density at radius 2 is 1.17 bits per heavy atom. The highest BCUT2D eigenvalue weighted by atomic mass is 16.2. The van der Waals surface area contributed by atoms with Gasteiger partial charge in [-0.3, -0.25) is 9.36 Å². The summed E-state index contributed by atoms with van der Waals surface area (Å²) in [7, 11) is 0. The number of carbonyl (C=O) groups excluding carboxylic acids is 1. The lowest BCUT2D eigenvalue weighted by molar-refractivity contribution is 0.0969. The molecule has 0 amide bonds. The second-order valence-electron chi connectivity index (χ2n) is 9.02. The Bertz CT molecular complexity index is 1880. The van der Waals surface area contributed by atoms with Crippen LogP contribution in [0.3, 0.4) is 0 Å². The zero-order valence-electron chi connectivity index (χ0n) is 19.5. The van der Waals surface area contributed by atoms with Gasteiger partial charge < -0.3 is 4.57 Å². The minimum atomic E-state index is -0.0192. The predicted octanol–water partition coefficient (Wildman–Crippen LogP) is 8.09. The number of aromatic nitrogens is 2. The molecule has 0 aliphatic heterocycles. The first-order valence-corrected chi connectivity index (χ1v) is 12.1. The molecule has 0 unspecified atom stereocenters. The Hall–Kier alpha value is -4.89. The zero-order chi connectivity index (χ0) is 24.1. The van der Waals surface area contributed by atoms with Crippen LogP contribution in [0.4, 0.5) is 0 Å². The quantitative estimate of drug-likeness (QED) is 0.261. The minimum absolute atomic E-state index is 0.0192. The molecule has 7 aromatic rings. The highest BCUT2D eigenvalue weighted by molar-refractivity contribution is 6.22. The standard InChI is InChI=1S/C33H22N2O/c36-33(25-11-5-2-6-12-25)35-31-14-8-7-13-27(31)28-19-20-30-29(32(28)35)21-22-34(30)26-17-15-24(16-18-26)23-9-3-1-4-10-23/h1-22H. The van der Waals surface area contributed by atoms with Gasteiger partial charge in [-0.2, -0.15) is 0 Å². The van der Waals surface area contributed by atoms with E-state index in [0.29, 0.717) is 5.56 Å². The van der Waals surface area contributed by atoms with Gasteiger partial charge in [0, 0.05) is 33.6 Å². The number of carbonyl (C=O) groups is 1. The molecule has 36 heavy (non-hydrogen) atoms. The summed E-state index contributed by atoms with van der Waals surface area (Å²) < 4.78 is 4.07. The average Bonchev–Trinajstić information content (AvgIpc) is 3.53. The van der Waals surface area contributed by atoms with Gasteiger partial charge in [-0.15, -0.1) is 0 Å². The summed E-state index contributed by atoms with van der Waals surface area (Å²) in [6.45, 7) is 0. The van der Waals surface area contributed by atoms with Crippen LogP contribution in [0.15, 0.2) is 134 Å². The van der Waals surface area contributed by atoms with E-state index in [4.69, 9.17) is 0 Å². The molecule has 3 nitrogen and oxygen atoms in total. The number of rotatable bonds is 3. The third-order valence-corrected chi connectivity index (χ3v) is 6.98. The molecule has 0 spiro atoms. The van der Waals surface area contributed by atoms with Crippen molar-refractivity contribution in [3.8, 4) is 16.8 Å². The van der Waals surface area contributed by atoms with Crippen LogP contribution in [0.5, 0.6) is 0 Å². The summed E-state index contributed by atoms with van der Waals surface area (Å²) in [5, 5.41) is 3.22. The molecule has 0 N–H and O–H groups in total. The van der Waals surface area contributed by atoms with E-state index < -0.39 is 0 Å². The maximum atomic E-state index is 13.8. The van der Waals surface area contributed by atoms with Gasteiger partial charge in [-0.25, -0.2) is 0 Å². The zero-order valence-corrected chi connectivity index (χ0v) is 19.5.